The van der Waals surface area contributed by atoms with E-state index in [1.54, 1.807) is 6.07 Å². The second-order valence-electron chi connectivity index (χ2n) is 4.38. The number of fused-ring (bicyclic) bond motifs is 2. The summed E-state index contributed by atoms with van der Waals surface area (Å²) in [6.07, 6.45) is 0.653. The molecule has 90 valence electrons. The predicted octanol–water partition coefficient (Wildman–Crippen LogP) is 3.16. The summed E-state index contributed by atoms with van der Waals surface area (Å²) in [7, 11) is 0. The van der Waals surface area contributed by atoms with Crippen LogP contribution < -0.4 is 5.43 Å². The third-order valence-electron chi connectivity index (χ3n) is 3.16. The number of aromatic nitrogens is 1. The third kappa shape index (κ3) is 1.51. The number of hydrogen-bond acceptors (Lipinski definition) is 3. The number of aryl methyl sites for hydroxylation is 1. The van der Waals surface area contributed by atoms with Crippen LogP contribution in [0.2, 0.25) is 0 Å². The van der Waals surface area contributed by atoms with Crippen LogP contribution in [0, 0.1) is 6.92 Å². The molecule has 0 saturated carbocycles. The molecule has 1 heterocycles. The van der Waals surface area contributed by atoms with E-state index in [-0.39, 0.29) is 5.43 Å². The van der Waals surface area contributed by atoms with Crippen molar-refractivity contribution in [3.63, 3.8) is 0 Å². The molecule has 0 N–H and O–H groups in total. The van der Waals surface area contributed by atoms with Gasteiger partial charge in [0.1, 0.15) is 11.2 Å². The van der Waals surface area contributed by atoms with Gasteiger partial charge in [0.25, 0.3) is 0 Å². The monoisotopic (exact) mass is 239 g/mol. The van der Waals surface area contributed by atoms with Crippen LogP contribution in [0.25, 0.3) is 22.6 Å². The lowest BCUT2D eigenvalue weighted by atomic mass is 10.0. The van der Waals surface area contributed by atoms with Gasteiger partial charge in [0, 0.05) is 5.56 Å². The minimum absolute atomic E-state index is 0.0610. The molecule has 1 aromatic carbocycles. The topological polar surface area (TPSA) is 43.1 Å². The molecule has 0 fully saturated rings. The molecule has 1 aliphatic carbocycles. The highest BCUT2D eigenvalue weighted by molar-refractivity contribution is 5.77. The fraction of sp³-hybridized carbons (Fsp3) is 0.200. The smallest absolute Gasteiger partial charge is 0.188 e. The second kappa shape index (κ2) is 3.95. The van der Waals surface area contributed by atoms with Crippen LogP contribution in [0.1, 0.15) is 18.1 Å². The van der Waals surface area contributed by atoms with E-state index in [0.29, 0.717) is 23.3 Å². The molecule has 0 spiro atoms. The number of benzene rings is 2. The minimum Gasteiger partial charge on any atom is -0.452 e. The molecule has 0 amide bonds. The van der Waals surface area contributed by atoms with Gasteiger partial charge in [-0.2, -0.15) is 0 Å². The molecule has 3 nitrogen and oxygen atoms in total. The second-order valence-corrected chi connectivity index (χ2v) is 4.38. The molecule has 0 aromatic heterocycles. The zero-order valence-electron chi connectivity index (χ0n) is 10.4. The first-order chi connectivity index (χ1) is 8.70. The Kier molecular flexibility index (Phi) is 2.40. The zero-order valence-corrected chi connectivity index (χ0v) is 10.4. The van der Waals surface area contributed by atoms with Gasteiger partial charge in [0.05, 0.1) is 0 Å². The number of para-hydroxylation sites is 2. The Morgan fingerprint density at radius 1 is 1.28 bits per heavy atom. The number of nitrogens with zero attached hydrogens (tertiary/aromatic N) is 1. The fourth-order valence-electron chi connectivity index (χ4n) is 2.23. The molecular weight excluding hydrogens is 226 g/mol. The van der Waals surface area contributed by atoms with Crippen molar-refractivity contribution in [2.24, 2.45) is 0 Å². The number of hydrogen-bond donors (Lipinski definition) is 0. The van der Waals surface area contributed by atoms with Gasteiger partial charge in [0.15, 0.2) is 16.8 Å². The average Bonchev–Trinajstić information content (AvgIpc) is 2.38. The van der Waals surface area contributed by atoms with E-state index in [2.05, 4.69) is 4.98 Å². The van der Waals surface area contributed by atoms with E-state index in [1.807, 2.05) is 38.1 Å². The van der Waals surface area contributed by atoms with Gasteiger partial charge in [0.2, 0.25) is 0 Å². The highest BCUT2D eigenvalue weighted by atomic mass is 16.3. The molecule has 0 radical (unpaired) electrons. The van der Waals surface area contributed by atoms with Crippen LogP contribution in [0.4, 0.5) is 0 Å². The third-order valence-corrected chi connectivity index (χ3v) is 3.16. The van der Waals surface area contributed by atoms with Gasteiger partial charge in [-0.1, -0.05) is 19.1 Å². The highest BCUT2D eigenvalue weighted by Gasteiger charge is 2.17. The quantitative estimate of drug-likeness (QED) is 0.612. The van der Waals surface area contributed by atoms with E-state index in [9.17, 15) is 4.79 Å². The van der Waals surface area contributed by atoms with Crippen LogP contribution in [-0.4, -0.2) is 4.98 Å². The molecule has 3 rings (SSSR count). The molecule has 0 saturated heterocycles. The largest absolute Gasteiger partial charge is 0.452 e. The van der Waals surface area contributed by atoms with E-state index in [1.165, 1.54) is 0 Å². The van der Waals surface area contributed by atoms with Crippen molar-refractivity contribution in [3.8, 4) is 11.5 Å². The van der Waals surface area contributed by atoms with Crippen molar-refractivity contribution >= 4 is 11.1 Å². The fourth-order valence-corrected chi connectivity index (χ4v) is 2.23. The van der Waals surface area contributed by atoms with Gasteiger partial charge in [-0.25, -0.2) is 4.98 Å². The minimum atomic E-state index is 0.0610. The van der Waals surface area contributed by atoms with Crippen molar-refractivity contribution in [3.05, 3.63) is 51.7 Å². The molecule has 1 aliphatic heterocycles. The molecule has 18 heavy (non-hydrogen) atoms. The van der Waals surface area contributed by atoms with Gasteiger partial charge in [-0.05, 0) is 37.1 Å². The summed E-state index contributed by atoms with van der Waals surface area (Å²) in [6, 6.07) is 9.39. The van der Waals surface area contributed by atoms with Crippen molar-refractivity contribution in [1.29, 1.82) is 0 Å². The summed E-state index contributed by atoms with van der Waals surface area (Å²) < 4.78 is 5.84. The van der Waals surface area contributed by atoms with E-state index >= 15 is 0 Å². The van der Waals surface area contributed by atoms with Crippen molar-refractivity contribution in [1.82, 2.24) is 4.98 Å². The first kappa shape index (κ1) is 11.0. The summed E-state index contributed by atoms with van der Waals surface area (Å²) in [6.45, 7) is 3.78. The summed E-state index contributed by atoms with van der Waals surface area (Å²) in [4.78, 5) is 16.6. The Labute approximate surface area is 104 Å². The lowest BCUT2D eigenvalue weighted by Gasteiger charge is -2.10. The first-order valence-corrected chi connectivity index (χ1v) is 6.02. The zero-order chi connectivity index (χ0) is 12.7. The molecule has 3 heteroatoms. The van der Waals surface area contributed by atoms with E-state index in [4.69, 9.17) is 4.42 Å². The van der Waals surface area contributed by atoms with Crippen molar-refractivity contribution < 1.29 is 4.42 Å². The van der Waals surface area contributed by atoms with Crippen LogP contribution in [-0.2, 0) is 6.42 Å². The standard InChI is InChI=1S/C15H13NO2/c1-3-10-14(17)9(2)8-12-15(10)18-13-7-5-4-6-11(13)16-12/h4-8H,3H2,1-2H3. The Morgan fingerprint density at radius 3 is 2.83 bits per heavy atom. The Hall–Kier alpha value is -2.16. The molecule has 0 bridgehead atoms. The maximum Gasteiger partial charge on any atom is 0.188 e. The molecule has 2 aliphatic rings. The van der Waals surface area contributed by atoms with Crippen LogP contribution in [0.5, 0.6) is 0 Å². The first-order valence-electron chi connectivity index (χ1n) is 6.02. The van der Waals surface area contributed by atoms with Crippen LogP contribution in [0.3, 0.4) is 0 Å². The average molecular weight is 239 g/mol. The molecule has 0 unspecified atom stereocenters. The highest BCUT2D eigenvalue weighted by Crippen LogP contribution is 2.27. The number of rotatable bonds is 1. The van der Waals surface area contributed by atoms with E-state index in [0.717, 1.165) is 16.8 Å². The molecular formula is C15H13NO2. The maximum atomic E-state index is 12.1. The predicted molar refractivity (Wildman–Crippen MR) is 71.0 cm³/mol. The van der Waals surface area contributed by atoms with Gasteiger partial charge in [-0.15, -0.1) is 0 Å². The Bertz CT molecular complexity index is 758. The lowest BCUT2D eigenvalue weighted by Crippen LogP contribution is -2.14. The van der Waals surface area contributed by atoms with E-state index < -0.39 is 0 Å². The SMILES string of the molecule is CCc1c2oc3ccccc3nc-2cc(C)c1=O. The normalized spacial score (nSPS) is 11.2. The summed E-state index contributed by atoms with van der Waals surface area (Å²) in [5.74, 6) is 0.617. The molecule has 1 aromatic rings. The summed E-state index contributed by atoms with van der Waals surface area (Å²) in [5, 5.41) is 0. The van der Waals surface area contributed by atoms with Gasteiger partial charge in [-0.3, -0.25) is 4.79 Å². The Balaban J connectivity index is 2.50. The molecule has 0 atom stereocenters. The van der Waals surface area contributed by atoms with Crippen LogP contribution >= 0.6 is 0 Å². The maximum absolute atomic E-state index is 12.1. The van der Waals surface area contributed by atoms with Gasteiger partial charge >= 0.3 is 0 Å². The van der Waals surface area contributed by atoms with Gasteiger partial charge < -0.3 is 4.42 Å². The summed E-state index contributed by atoms with van der Waals surface area (Å²) >= 11 is 0. The van der Waals surface area contributed by atoms with Crippen LogP contribution in [0.15, 0.2) is 39.5 Å². The van der Waals surface area contributed by atoms with Crippen molar-refractivity contribution in [2.45, 2.75) is 20.3 Å². The lowest BCUT2D eigenvalue weighted by molar-refractivity contribution is 0.604. The Morgan fingerprint density at radius 2 is 2.06 bits per heavy atom. The summed E-state index contributed by atoms with van der Waals surface area (Å²) in [5.41, 5.74) is 3.77. The van der Waals surface area contributed by atoms with Crippen molar-refractivity contribution in [2.75, 3.05) is 0 Å².